The molecule has 4 rings (SSSR count). The van der Waals surface area contributed by atoms with Crippen molar-refractivity contribution in [3.05, 3.63) is 82.9 Å². The lowest BCUT2D eigenvalue weighted by Crippen LogP contribution is -2.20. The number of halogens is 1. The summed E-state index contributed by atoms with van der Waals surface area (Å²) in [5.74, 6) is -0.406. The third kappa shape index (κ3) is 5.04. The normalized spacial score (nSPS) is 11.3. The Kier molecular flexibility index (Phi) is 6.63. The number of aromatic nitrogens is 2. The topological polar surface area (TPSA) is 99.7 Å². The van der Waals surface area contributed by atoms with E-state index in [2.05, 4.69) is 15.5 Å². The van der Waals surface area contributed by atoms with Crippen LogP contribution in [0, 0.1) is 0 Å². The number of carbonyl (C=O) groups excluding carboxylic acids is 1. The van der Waals surface area contributed by atoms with E-state index in [1.54, 1.807) is 0 Å². The summed E-state index contributed by atoms with van der Waals surface area (Å²) in [6.07, 6.45) is 1.31. The van der Waals surface area contributed by atoms with Crippen LogP contribution >= 0.6 is 23.4 Å². The second kappa shape index (κ2) is 9.76. The number of phenols is 2. The van der Waals surface area contributed by atoms with E-state index >= 15 is 0 Å². The minimum atomic E-state index is -0.319. The van der Waals surface area contributed by atoms with Gasteiger partial charge >= 0.3 is 0 Å². The number of hydrazone groups is 1. The van der Waals surface area contributed by atoms with Crippen LogP contribution in [0.2, 0.25) is 5.02 Å². The second-order valence-electron chi connectivity index (χ2n) is 6.89. The molecule has 0 saturated carbocycles. The Balaban J connectivity index is 1.46. The van der Waals surface area contributed by atoms with E-state index in [1.807, 2.05) is 53.1 Å². The Morgan fingerprint density at radius 2 is 1.91 bits per heavy atom. The van der Waals surface area contributed by atoms with Crippen molar-refractivity contribution in [3.8, 4) is 11.5 Å². The first-order valence-electron chi connectivity index (χ1n) is 9.66. The van der Waals surface area contributed by atoms with Crippen LogP contribution in [0.15, 0.2) is 77.0 Å². The van der Waals surface area contributed by atoms with Gasteiger partial charge in [-0.25, -0.2) is 10.4 Å². The van der Waals surface area contributed by atoms with E-state index in [-0.39, 0.29) is 23.2 Å². The molecule has 3 N–H and O–H groups in total. The van der Waals surface area contributed by atoms with Crippen LogP contribution in [0.3, 0.4) is 0 Å². The fourth-order valence-electron chi connectivity index (χ4n) is 3.09. The van der Waals surface area contributed by atoms with Crippen molar-refractivity contribution < 1.29 is 15.0 Å². The van der Waals surface area contributed by atoms with Crippen LogP contribution in [0.25, 0.3) is 11.0 Å². The van der Waals surface area contributed by atoms with Gasteiger partial charge in [0.05, 0.1) is 29.5 Å². The average Bonchev–Trinajstić information content (AvgIpc) is 3.13. The molecule has 0 radical (unpaired) electrons. The van der Waals surface area contributed by atoms with E-state index in [4.69, 9.17) is 11.6 Å². The molecular formula is C23H19ClN4O3S. The number of benzene rings is 3. The van der Waals surface area contributed by atoms with Gasteiger partial charge in [0, 0.05) is 16.7 Å². The van der Waals surface area contributed by atoms with E-state index in [0.717, 1.165) is 16.6 Å². The number of imidazole rings is 1. The van der Waals surface area contributed by atoms with Crippen LogP contribution in [0.5, 0.6) is 11.5 Å². The van der Waals surface area contributed by atoms with Gasteiger partial charge in [0.25, 0.3) is 5.91 Å². The minimum Gasteiger partial charge on any atom is -0.508 e. The maximum absolute atomic E-state index is 12.3. The van der Waals surface area contributed by atoms with Gasteiger partial charge < -0.3 is 14.8 Å². The number of thioether (sulfide) groups is 1. The molecule has 9 heteroatoms. The van der Waals surface area contributed by atoms with Gasteiger partial charge in [0.1, 0.15) is 11.5 Å². The third-order valence-corrected chi connectivity index (χ3v) is 5.99. The number of amides is 1. The third-order valence-electron chi connectivity index (χ3n) is 4.65. The highest BCUT2D eigenvalue weighted by Crippen LogP contribution is 2.27. The smallest absolute Gasteiger partial charge is 0.250 e. The van der Waals surface area contributed by atoms with Crippen LogP contribution in [0.1, 0.15) is 11.1 Å². The van der Waals surface area contributed by atoms with Gasteiger partial charge in [0.15, 0.2) is 5.16 Å². The number of para-hydroxylation sites is 2. The Morgan fingerprint density at radius 3 is 2.72 bits per heavy atom. The van der Waals surface area contributed by atoms with Crippen molar-refractivity contribution in [1.29, 1.82) is 0 Å². The number of carbonyl (C=O) groups is 1. The fraction of sp³-hybridized carbons (Fsp3) is 0.0870. The van der Waals surface area contributed by atoms with Crippen molar-refractivity contribution in [2.45, 2.75) is 11.7 Å². The zero-order valence-corrected chi connectivity index (χ0v) is 18.3. The Hall–Kier alpha value is -3.49. The van der Waals surface area contributed by atoms with Gasteiger partial charge in [-0.2, -0.15) is 5.10 Å². The molecule has 1 aromatic heterocycles. The number of phenolic OH excluding ortho intramolecular Hbond substituents is 2. The molecule has 7 nitrogen and oxygen atoms in total. The summed E-state index contributed by atoms with van der Waals surface area (Å²) >= 11 is 7.65. The maximum Gasteiger partial charge on any atom is 0.250 e. The molecule has 0 atom stereocenters. The molecule has 0 bridgehead atoms. The first-order valence-corrected chi connectivity index (χ1v) is 11.0. The lowest BCUT2D eigenvalue weighted by atomic mass is 10.2. The second-order valence-corrected chi connectivity index (χ2v) is 8.24. The molecule has 3 aromatic carbocycles. The fourth-order valence-corrected chi connectivity index (χ4v) is 4.09. The summed E-state index contributed by atoms with van der Waals surface area (Å²) in [6.45, 7) is 0.530. The SMILES string of the molecule is O=C(CSc1nc2ccccc2n1Cc1ccccc1Cl)NN=Cc1ccc(O)cc1O. The number of rotatable bonds is 7. The van der Waals surface area contributed by atoms with Crippen molar-refractivity contribution >= 4 is 46.5 Å². The Morgan fingerprint density at radius 1 is 1.12 bits per heavy atom. The highest BCUT2D eigenvalue weighted by molar-refractivity contribution is 7.99. The monoisotopic (exact) mass is 466 g/mol. The predicted molar refractivity (Wildman–Crippen MR) is 127 cm³/mol. The number of aromatic hydroxyl groups is 2. The van der Waals surface area contributed by atoms with Crippen molar-refractivity contribution in [2.75, 3.05) is 5.75 Å². The molecule has 0 aliphatic heterocycles. The lowest BCUT2D eigenvalue weighted by molar-refractivity contribution is -0.118. The number of hydrogen-bond acceptors (Lipinski definition) is 6. The van der Waals surface area contributed by atoms with Crippen LogP contribution in [-0.2, 0) is 11.3 Å². The molecule has 32 heavy (non-hydrogen) atoms. The molecule has 162 valence electrons. The molecule has 0 spiro atoms. The zero-order valence-electron chi connectivity index (χ0n) is 16.8. The van der Waals surface area contributed by atoms with E-state index in [1.165, 1.54) is 36.2 Å². The standard InChI is InChI=1S/C23H19ClN4O3S/c24-18-6-2-1-5-16(18)13-28-20-8-4-3-7-19(20)26-23(28)32-14-22(31)27-25-12-15-9-10-17(29)11-21(15)30/h1-12,29-30H,13-14H2,(H,27,31). The average molecular weight is 467 g/mol. The highest BCUT2D eigenvalue weighted by atomic mass is 35.5. The van der Waals surface area contributed by atoms with Gasteiger partial charge in [0.2, 0.25) is 0 Å². The molecule has 1 amide bonds. The van der Waals surface area contributed by atoms with Gasteiger partial charge in [-0.05, 0) is 35.9 Å². The summed E-state index contributed by atoms with van der Waals surface area (Å²) in [5.41, 5.74) is 5.56. The van der Waals surface area contributed by atoms with Crippen molar-refractivity contribution in [3.63, 3.8) is 0 Å². The predicted octanol–water partition coefficient (Wildman–Crippen LogP) is 4.39. The molecular weight excluding hydrogens is 448 g/mol. The summed E-state index contributed by atoms with van der Waals surface area (Å²) < 4.78 is 2.03. The van der Waals surface area contributed by atoms with Gasteiger partial charge in [-0.1, -0.05) is 53.7 Å². The van der Waals surface area contributed by atoms with E-state index in [0.29, 0.717) is 22.3 Å². The van der Waals surface area contributed by atoms with Gasteiger partial charge in [-0.3, -0.25) is 4.79 Å². The Labute approximate surface area is 193 Å². The maximum atomic E-state index is 12.3. The largest absolute Gasteiger partial charge is 0.508 e. The summed E-state index contributed by atoms with van der Waals surface area (Å²) in [7, 11) is 0. The quantitative estimate of drug-likeness (QED) is 0.213. The van der Waals surface area contributed by atoms with Gasteiger partial charge in [-0.15, -0.1) is 0 Å². The highest BCUT2D eigenvalue weighted by Gasteiger charge is 2.14. The van der Waals surface area contributed by atoms with Crippen LogP contribution in [-0.4, -0.2) is 37.6 Å². The molecule has 0 aliphatic rings. The molecule has 0 aliphatic carbocycles. The van der Waals surface area contributed by atoms with Crippen LogP contribution in [0.4, 0.5) is 0 Å². The first-order chi connectivity index (χ1) is 15.5. The minimum absolute atomic E-state index is 0.0558. The van der Waals surface area contributed by atoms with Crippen molar-refractivity contribution in [2.24, 2.45) is 5.10 Å². The van der Waals surface area contributed by atoms with Crippen molar-refractivity contribution in [1.82, 2.24) is 15.0 Å². The number of fused-ring (bicyclic) bond motifs is 1. The summed E-state index contributed by atoms with van der Waals surface area (Å²) in [4.78, 5) is 16.9. The Bertz CT molecular complexity index is 1310. The first kappa shape index (κ1) is 21.7. The summed E-state index contributed by atoms with van der Waals surface area (Å²) in [5, 5.41) is 24.3. The van der Waals surface area contributed by atoms with E-state index < -0.39 is 0 Å². The summed E-state index contributed by atoms with van der Waals surface area (Å²) in [6, 6.07) is 19.5. The molecule has 0 unspecified atom stereocenters. The molecule has 0 saturated heterocycles. The zero-order chi connectivity index (χ0) is 22.5. The molecule has 1 heterocycles. The van der Waals surface area contributed by atoms with E-state index in [9.17, 15) is 15.0 Å². The molecule has 0 fully saturated rings. The molecule has 4 aromatic rings. The lowest BCUT2D eigenvalue weighted by Gasteiger charge is -2.10. The number of nitrogens with zero attached hydrogens (tertiary/aromatic N) is 3. The number of hydrogen-bond donors (Lipinski definition) is 3. The number of nitrogens with one attached hydrogen (secondary N) is 1. The van der Waals surface area contributed by atoms with Crippen LogP contribution < -0.4 is 5.43 Å².